The molecule has 94 valence electrons. The monoisotopic (exact) mass is 316 g/mol. The fraction of sp³-hybridized carbons (Fsp3) is 0.583. The highest BCUT2D eigenvalue weighted by Crippen LogP contribution is 2.28. The van der Waals surface area contributed by atoms with Gasteiger partial charge in [-0.05, 0) is 54.5 Å². The Hall–Kier alpha value is -0.390. The van der Waals surface area contributed by atoms with Crippen molar-refractivity contribution in [2.75, 3.05) is 33.2 Å². The lowest BCUT2D eigenvalue weighted by Crippen LogP contribution is -2.34. The third-order valence-corrected chi connectivity index (χ3v) is 5.20. The van der Waals surface area contributed by atoms with E-state index in [9.17, 15) is 4.79 Å². The summed E-state index contributed by atoms with van der Waals surface area (Å²) in [5.41, 5.74) is 1.14. The Morgan fingerprint density at radius 3 is 2.76 bits per heavy atom. The van der Waals surface area contributed by atoms with Gasteiger partial charge in [-0.25, -0.2) is 0 Å². The first-order valence-electron chi connectivity index (χ1n) is 5.81. The molecule has 1 aromatic heterocycles. The van der Waals surface area contributed by atoms with Crippen LogP contribution in [0.4, 0.5) is 0 Å². The summed E-state index contributed by atoms with van der Waals surface area (Å²) in [6.07, 6.45) is 1.06. The number of nitrogens with zero attached hydrogens (tertiary/aromatic N) is 2. The number of halogens is 1. The molecule has 3 nitrogen and oxygen atoms in total. The summed E-state index contributed by atoms with van der Waals surface area (Å²) in [5, 5.41) is 0. The lowest BCUT2D eigenvalue weighted by molar-refractivity contribution is 0.0767. The highest BCUT2D eigenvalue weighted by Gasteiger charge is 2.20. The van der Waals surface area contributed by atoms with Crippen LogP contribution in [0.15, 0.2) is 9.85 Å². The van der Waals surface area contributed by atoms with Crippen LogP contribution < -0.4 is 0 Å². The third-order valence-electron chi connectivity index (χ3n) is 3.07. The Balaban J connectivity index is 2.09. The second-order valence-electron chi connectivity index (χ2n) is 4.52. The van der Waals surface area contributed by atoms with Gasteiger partial charge in [-0.2, -0.15) is 0 Å². The van der Waals surface area contributed by atoms with Crippen LogP contribution in [0, 0.1) is 6.92 Å². The molecule has 2 rings (SSSR count). The van der Waals surface area contributed by atoms with Gasteiger partial charge in [0.2, 0.25) is 0 Å². The second-order valence-corrected chi connectivity index (χ2v) is 6.89. The molecule has 1 amide bonds. The van der Waals surface area contributed by atoms with Gasteiger partial charge in [0.05, 0.1) is 8.66 Å². The van der Waals surface area contributed by atoms with Crippen molar-refractivity contribution >= 4 is 33.2 Å². The lowest BCUT2D eigenvalue weighted by Gasteiger charge is -2.19. The van der Waals surface area contributed by atoms with Crippen LogP contribution in [0.3, 0.4) is 0 Å². The average Bonchev–Trinajstić information content (AvgIpc) is 2.51. The van der Waals surface area contributed by atoms with E-state index in [1.54, 1.807) is 0 Å². The van der Waals surface area contributed by atoms with Crippen LogP contribution in [0.25, 0.3) is 0 Å². The van der Waals surface area contributed by atoms with Crippen molar-refractivity contribution in [2.24, 2.45) is 0 Å². The van der Waals surface area contributed by atoms with Gasteiger partial charge in [0.1, 0.15) is 0 Å². The number of likely N-dealkylation sites (N-methyl/N-ethyl adjacent to an activating group) is 1. The van der Waals surface area contributed by atoms with Gasteiger partial charge in [-0.3, -0.25) is 4.79 Å². The van der Waals surface area contributed by atoms with E-state index >= 15 is 0 Å². The largest absolute Gasteiger partial charge is 0.337 e. The molecule has 0 aliphatic carbocycles. The molecule has 1 aromatic rings. The number of amides is 1. The molecule has 2 heterocycles. The molecule has 1 fully saturated rings. The summed E-state index contributed by atoms with van der Waals surface area (Å²) >= 11 is 5.01. The predicted molar refractivity (Wildman–Crippen MR) is 74.8 cm³/mol. The summed E-state index contributed by atoms with van der Waals surface area (Å²) in [5.74, 6) is 0.180. The van der Waals surface area contributed by atoms with Crippen molar-refractivity contribution in [1.82, 2.24) is 9.80 Å². The fourth-order valence-corrected chi connectivity index (χ4v) is 3.47. The Kier molecular flexibility index (Phi) is 4.22. The smallest absolute Gasteiger partial charge is 0.264 e. The topological polar surface area (TPSA) is 23.6 Å². The number of rotatable bonds is 1. The first-order valence-corrected chi connectivity index (χ1v) is 7.42. The van der Waals surface area contributed by atoms with Gasteiger partial charge in [0.15, 0.2) is 0 Å². The van der Waals surface area contributed by atoms with E-state index in [4.69, 9.17) is 0 Å². The summed E-state index contributed by atoms with van der Waals surface area (Å²) < 4.78 is 1.06. The minimum absolute atomic E-state index is 0.180. The van der Waals surface area contributed by atoms with Crippen LogP contribution in [-0.4, -0.2) is 48.9 Å². The molecule has 5 heteroatoms. The summed E-state index contributed by atoms with van der Waals surface area (Å²) in [7, 11) is 2.11. The molecule has 17 heavy (non-hydrogen) atoms. The van der Waals surface area contributed by atoms with E-state index in [0.717, 1.165) is 46.8 Å². The zero-order valence-electron chi connectivity index (χ0n) is 10.2. The first-order chi connectivity index (χ1) is 8.08. The van der Waals surface area contributed by atoms with Crippen LogP contribution in [0.2, 0.25) is 0 Å². The van der Waals surface area contributed by atoms with Crippen molar-refractivity contribution in [2.45, 2.75) is 13.3 Å². The Morgan fingerprint density at radius 1 is 1.35 bits per heavy atom. The van der Waals surface area contributed by atoms with Crippen molar-refractivity contribution < 1.29 is 4.79 Å². The Labute approximate surface area is 115 Å². The average molecular weight is 317 g/mol. The normalized spacial score (nSPS) is 18.2. The lowest BCUT2D eigenvalue weighted by atomic mass is 10.3. The quantitative estimate of drug-likeness (QED) is 0.795. The predicted octanol–water partition coefficient (Wildman–Crippen LogP) is 2.60. The van der Waals surface area contributed by atoms with Crippen LogP contribution in [-0.2, 0) is 0 Å². The minimum atomic E-state index is 0.180. The third kappa shape index (κ3) is 3.09. The van der Waals surface area contributed by atoms with Crippen molar-refractivity contribution in [3.63, 3.8) is 0 Å². The van der Waals surface area contributed by atoms with E-state index in [2.05, 4.69) is 27.9 Å². The molecule has 0 N–H and O–H groups in total. The molecule has 0 saturated carbocycles. The molecule has 1 saturated heterocycles. The summed E-state index contributed by atoms with van der Waals surface area (Å²) in [4.78, 5) is 17.4. The van der Waals surface area contributed by atoms with E-state index in [-0.39, 0.29) is 5.91 Å². The number of hydrogen-bond acceptors (Lipinski definition) is 3. The molecular formula is C12H17BrN2OS. The molecule has 0 spiro atoms. The number of aryl methyl sites for hydroxylation is 1. The Morgan fingerprint density at radius 2 is 2.12 bits per heavy atom. The number of carbonyl (C=O) groups excluding carboxylic acids is 1. The fourth-order valence-electron chi connectivity index (χ4n) is 1.97. The number of carbonyl (C=O) groups is 1. The van der Waals surface area contributed by atoms with Crippen molar-refractivity contribution in [3.05, 3.63) is 20.3 Å². The molecule has 0 unspecified atom stereocenters. The van der Waals surface area contributed by atoms with Crippen molar-refractivity contribution in [1.29, 1.82) is 0 Å². The van der Waals surface area contributed by atoms with Gasteiger partial charge >= 0.3 is 0 Å². The second kappa shape index (κ2) is 5.50. The zero-order valence-corrected chi connectivity index (χ0v) is 12.6. The first kappa shape index (κ1) is 13.1. The minimum Gasteiger partial charge on any atom is -0.337 e. The molecule has 0 aromatic carbocycles. The standard InChI is InChI=1S/C12H17BrN2OS/c1-9-8-10(17-11(9)13)12(16)15-5-3-4-14(2)6-7-15/h8H,3-7H2,1-2H3. The Bertz CT molecular complexity index is 399. The molecule has 0 atom stereocenters. The molecule has 1 aliphatic rings. The van der Waals surface area contributed by atoms with E-state index < -0.39 is 0 Å². The van der Waals surface area contributed by atoms with Gasteiger partial charge in [-0.1, -0.05) is 0 Å². The van der Waals surface area contributed by atoms with Crippen LogP contribution in [0.5, 0.6) is 0 Å². The molecule has 1 aliphatic heterocycles. The highest BCUT2D eigenvalue weighted by atomic mass is 79.9. The van der Waals surface area contributed by atoms with E-state index in [1.807, 2.05) is 17.9 Å². The highest BCUT2D eigenvalue weighted by molar-refractivity contribution is 9.11. The maximum atomic E-state index is 12.3. The molecule has 0 bridgehead atoms. The maximum Gasteiger partial charge on any atom is 0.264 e. The van der Waals surface area contributed by atoms with Gasteiger partial charge in [0.25, 0.3) is 5.91 Å². The number of thiophene rings is 1. The summed E-state index contributed by atoms with van der Waals surface area (Å²) in [6, 6.07) is 1.98. The zero-order chi connectivity index (χ0) is 12.4. The van der Waals surface area contributed by atoms with Gasteiger partial charge in [-0.15, -0.1) is 11.3 Å². The molecular weight excluding hydrogens is 300 g/mol. The van der Waals surface area contributed by atoms with Crippen LogP contribution >= 0.6 is 27.3 Å². The van der Waals surface area contributed by atoms with Crippen molar-refractivity contribution in [3.8, 4) is 0 Å². The SMILES string of the molecule is Cc1cc(C(=O)N2CCCN(C)CC2)sc1Br. The van der Waals surface area contributed by atoms with Gasteiger partial charge < -0.3 is 9.80 Å². The maximum absolute atomic E-state index is 12.3. The van der Waals surface area contributed by atoms with E-state index in [0.29, 0.717) is 0 Å². The van der Waals surface area contributed by atoms with Gasteiger partial charge in [0, 0.05) is 19.6 Å². The number of hydrogen-bond donors (Lipinski definition) is 0. The summed E-state index contributed by atoms with van der Waals surface area (Å²) in [6.45, 7) is 5.78. The van der Waals surface area contributed by atoms with Crippen LogP contribution in [0.1, 0.15) is 21.7 Å². The molecule has 0 radical (unpaired) electrons. The van der Waals surface area contributed by atoms with E-state index in [1.165, 1.54) is 11.3 Å².